The number of carbonyl (C=O) groups excluding carboxylic acids is 1. The van der Waals surface area contributed by atoms with E-state index in [-0.39, 0.29) is 11.9 Å². The molecule has 0 spiro atoms. The van der Waals surface area contributed by atoms with Crippen LogP contribution in [0, 0.1) is 12.8 Å². The van der Waals surface area contributed by atoms with Crippen LogP contribution in [0.5, 0.6) is 0 Å². The first-order valence-corrected chi connectivity index (χ1v) is 10.1. The Morgan fingerprint density at radius 3 is 3.04 bits per heavy atom. The van der Waals surface area contributed by atoms with Crippen molar-refractivity contribution in [1.29, 1.82) is 0 Å². The molecule has 2 aromatic rings. The number of amides is 1. The number of aryl methyl sites for hydroxylation is 1. The summed E-state index contributed by atoms with van der Waals surface area (Å²) in [5.74, 6) is 0.572. The Morgan fingerprint density at radius 2 is 2.27 bits per heavy atom. The van der Waals surface area contributed by atoms with Crippen LogP contribution in [0.3, 0.4) is 0 Å². The van der Waals surface area contributed by atoms with E-state index in [1.165, 1.54) is 0 Å². The second-order valence-electron chi connectivity index (χ2n) is 7.11. The predicted molar refractivity (Wildman–Crippen MR) is 98.8 cm³/mol. The first-order chi connectivity index (χ1) is 12.7. The van der Waals surface area contributed by atoms with Gasteiger partial charge >= 0.3 is 0 Å². The van der Waals surface area contributed by atoms with Gasteiger partial charge in [-0.1, -0.05) is 0 Å². The molecule has 0 saturated carbocycles. The number of aromatic nitrogens is 3. The van der Waals surface area contributed by atoms with E-state index in [0.717, 1.165) is 62.1 Å². The van der Waals surface area contributed by atoms with Gasteiger partial charge in [-0.15, -0.1) is 11.3 Å². The highest BCUT2D eigenvalue weighted by Gasteiger charge is 2.31. The molecule has 1 N–H and O–H groups in total. The van der Waals surface area contributed by atoms with Crippen molar-refractivity contribution in [2.75, 3.05) is 26.3 Å². The van der Waals surface area contributed by atoms with Crippen molar-refractivity contribution in [1.82, 2.24) is 25.0 Å². The number of nitrogens with zero attached hydrogens (tertiary/aromatic N) is 4. The Kier molecular flexibility index (Phi) is 5.33. The van der Waals surface area contributed by atoms with Gasteiger partial charge in [0.2, 0.25) is 5.91 Å². The summed E-state index contributed by atoms with van der Waals surface area (Å²) in [5.41, 5.74) is 2.15. The fraction of sp³-hybridized carbons (Fsp3) is 0.611. The van der Waals surface area contributed by atoms with Crippen molar-refractivity contribution < 1.29 is 9.53 Å². The Balaban J connectivity index is 1.41. The molecule has 0 radical (unpaired) electrons. The molecule has 2 aromatic heterocycles. The molecule has 1 amide bonds. The SMILES string of the molecule is Cc1nc(CN2Cc3ccnn3[C@@H](C(=O)NCC3CCOCC3)C2)cs1. The number of hydrogen-bond donors (Lipinski definition) is 1. The molecule has 7 nitrogen and oxygen atoms in total. The second kappa shape index (κ2) is 7.85. The van der Waals surface area contributed by atoms with Crippen LogP contribution in [0.4, 0.5) is 0 Å². The van der Waals surface area contributed by atoms with E-state index in [4.69, 9.17) is 4.74 Å². The third kappa shape index (κ3) is 3.97. The molecule has 2 aliphatic rings. The molecule has 140 valence electrons. The van der Waals surface area contributed by atoms with Crippen LogP contribution >= 0.6 is 11.3 Å². The van der Waals surface area contributed by atoms with Gasteiger partial charge in [0.05, 0.1) is 16.4 Å². The molecule has 0 unspecified atom stereocenters. The van der Waals surface area contributed by atoms with Gasteiger partial charge in [-0.3, -0.25) is 14.4 Å². The van der Waals surface area contributed by atoms with E-state index in [9.17, 15) is 4.79 Å². The second-order valence-corrected chi connectivity index (χ2v) is 8.17. The molecular formula is C18H25N5O2S. The van der Waals surface area contributed by atoms with E-state index < -0.39 is 0 Å². The van der Waals surface area contributed by atoms with Gasteiger partial charge < -0.3 is 10.1 Å². The minimum Gasteiger partial charge on any atom is -0.381 e. The number of ether oxygens (including phenoxy) is 1. The average molecular weight is 375 g/mol. The zero-order valence-corrected chi connectivity index (χ0v) is 15.9. The number of rotatable bonds is 5. The lowest BCUT2D eigenvalue weighted by atomic mass is 10.0. The molecule has 4 rings (SSSR count). The van der Waals surface area contributed by atoms with Crippen LogP contribution in [0.15, 0.2) is 17.6 Å². The van der Waals surface area contributed by atoms with Crippen LogP contribution in [-0.4, -0.2) is 51.9 Å². The summed E-state index contributed by atoms with van der Waals surface area (Å²) in [4.78, 5) is 19.7. The first-order valence-electron chi connectivity index (χ1n) is 9.20. The first kappa shape index (κ1) is 17.6. The molecular weight excluding hydrogens is 350 g/mol. The van der Waals surface area contributed by atoms with E-state index in [1.807, 2.05) is 17.7 Å². The molecule has 0 bridgehead atoms. The zero-order chi connectivity index (χ0) is 17.9. The van der Waals surface area contributed by atoms with Crippen molar-refractivity contribution in [3.63, 3.8) is 0 Å². The summed E-state index contributed by atoms with van der Waals surface area (Å²) in [5, 5.41) is 10.7. The van der Waals surface area contributed by atoms with Gasteiger partial charge in [-0.25, -0.2) is 4.98 Å². The normalized spacial score (nSPS) is 21.5. The highest BCUT2D eigenvalue weighted by Crippen LogP contribution is 2.23. The molecule has 8 heteroatoms. The van der Waals surface area contributed by atoms with Crippen LogP contribution < -0.4 is 5.32 Å². The summed E-state index contributed by atoms with van der Waals surface area (Å²) in [6, 6.07) is 1.71. The fourth-order valence-electron chi connectivity index (χ4n) is 3.70. The third-order valence-electron chi connectivity index (χ3n) is 5.12. The van der Waals surface area contributed by atoms with Crippen LogP contribution in [0.1, 0.15) is 35.3 Å². The van der Waals surface area contributed by atoms with Crippen molar-refractivity contribution in [3.05, 3.63) is 34.0 Å². The Morgan fingerprint density at radius 1 is 1.42 bits per heavy atom. The van der Waals surface area contributed by atoms with Crippen molar-refractivity contribution >= 4 is 17.2 Å². The van der Waals surface area contributed by atoms with Gasteiger partial charge in [0, 0.05) is 51.0 Å². The van der Waals surface area contributed by atoms with Crippen molar-refractivity contribution in [3.8, 4) is 0 Å². The minimum atomic E-state index is -0.284. The highest BCUT2D eigenvalue weighted by atomic mass is 32.1. The average Bonchev–Trinajstić information content (AvgIpc) is 3.28. The quantitative estimate of drug-likeness (QED) is 0.862. The predicted octanol–water partition coefficient (Wildman–Crippen LogP) is 1.75. The van der Waals surface area contributed by atoms with Gasteiger partial charge in [-0.2, -0.15) is 5.10 Å². The summed E-state index contributed by atoms with van der Waals surface area (Å²) in [6.45, 7) is 6.55. The molecule has 4 heterocycles. The number of fused-ring (bicyclic) bond motifs is 1. The molecule has 1 saturated heterocycles. The number of nitrogens with one attached hydrogen (secondary N) is 1. The lowest BCUT2D eigenvalue weighted by molar-refractivity contribution is -0.126. The van der Waals surface area contributed by atoms with Crippen molar-refractivity contribution in [2.24, 2.45) is 5.92 Å². The van der Waals surface area contributed by atoms with Crippen LogP contribution in [-0.2, 0) is 22.6 Å². The third-order valence-corrected chi connectivity index (χ3v) is 5.95. The fourth-order valence-corrected chi connectivity index (χ4v) is 4.30. The van der Waals surface area contributed by atoms with Gasteiger partial charge in [-0.05, 0) is 31.7 Å². The zero-order valence-electron chi connectivity index (χ0n) is 15.1. The summed E-state index contributed by atoms with van der Waals surface area (Å²) in [6.07, 6.45) is 3.82. The Bertz CT molecular complexity index is 752. The van der Waals surface area contributed by atoms with E-state index in [2.05, 4.69) is 25.7 Å². The number of carbonyl (C=O) groups is 1. The molecule has 26 heavy (non-hydrogen) atoms. The van der Waals surface area contributed by atoms with E-state index in [0.29, 0.717) is 12.5 Å². The van der Waals surface area contributed by atoms with Gasteiger partial charge in [0.1, 0.15) is 6.04 Å². The lowest BCUT2D eigenvalue weighted by Crippen LogP contribution is -2.46. The van der Waals surface area contributed by atoms with Crippen LogP contribution in [0.2, 0.25) is 0 Å². The minimum absolute atomic E-state index is 0.0561. The maximum Gasteiger partial charge on any atom is 0.246 e. The highest BCUT2D eigenvalue weighted by molar-refractivity contribution is 7.09. The Hall–Kier alpha value is -1.77. The van der Waals surface area contributed by atoms with Gasteiger partial charge in [0.25, 0.3) is 0 Å². The summed E-state index contributed by atoms with van der Waals surface area (Å²) < 4.78 is 7.27. The lowest BCUT2D eigenvalue weighted by Gasteiger charge is -2.33. The maximum atomic E-state index is 12.9. The monoisotopic (exact) mass is 375 g/mol. The number of thiazole rings is 1. The molecule has 1 fully saturated rings. The maximum absolute atomic E-state index is 12.9. The van der Waals surface area contributed by atoms with E-state index >= 15 is 0 Å². The standard InChI is InChI=1S/C18H25N5O2S/c1-13-21-15(12-26-13)9-22-10-16-2-5-20-23(16)17(11-22)18(24)19-8-14-3-6-25-7-4-14/h2,5,12,14,17H,3-4,6-11H2,1H3,(H,19,24)/t17-/m1/s1. The van der Waals surface area contributed by atoms with E-state index in [1.54, 1.807) is 17.5 Å². The van der Waals surface area contributed by atoms with Gasteiger partial charge in [0.15, 0.2) is 0 Å². The Labute approximate surface area is 157 Å². The summed E-state index contributed by atoms with van der Waals surface area (Å²) >= 11 is 1.67. The molecule has 0 aliphatic carbocycles. The van der Waals surface area contributed by atoms with Crippen molar-refractivity contribution in [2.45, 2.75) is 38.9 Å². The summed E-state index contributed by atoms with van der Waals surface area (Å²) in [7, 11) is 0. The number of hydrogen-bond acceptors (Lipinski definition) is 6. The largest absolute Gasteiger partial charge is 0.381 e. The molecule has 1 atom stereocenters. The topological polar surface area (TPSA) is 72.3 Å². The smallest absolute Gasteiger partial charge is 0.246 e. The molecule has 0 aromatic carbocycles. The van der Waals surface area contributed by atoms with Crippen LogP contribution in [0.25, 0.3) is 0 Å². The molecule has 2 aliphatic heterocycles.